The molecule has 1 aromatic rings. The molecule has 4 heteroatoms. The van der Waals surface area contributed by atoms with Gasteiger partial charge in [-0.05, 0) is 31.5 Å². The summed E-state index contributed by atoms with van der Waals surface area (Å²) in [5.41, 5.74) is 7.09. The van der Waals surface area contributed by atoms with Crippen molar-refractivity contribution in [2.45, 2.75) is 19.8 Å². The lowest BCUT2D eigenvalue weighted by Crippen LogP contribution is -2.13. The number of nitrogens with two attached hydrogens (primary N) is 1. The van der Waals surface area contributed by atoms with Crippen molar-refractivity contribution in [3.63, 3.8) is 0 Å². The fourth-order valence-electron chi connectivity index (χ4n) is 1.40. The molecule has 2 N–H and O–H groups in total. The van der Waals surface area contributed by atoms with Crippen molar-refractivity contribution >= 4 is 11.7 Å². The Kier molecular flexibility index (Phi) is 4.17. The maximum Gasteiger partial charge on any atom is 0.313 e. The van der Waals surface area contributed by atoms with Crippen LogP contribution < -0.4 is 10.5 Å². The number of ether oxygens (including phenoxy) is 2. The van der Waals surface area contributed by atoms with E-state index in [-0.39, 0.29) is 11.9 Å². The van der Waals surface area contributed by atoms with Gasteiger partial charge in [-0.15, -0.1) is 0 Å². The van der Waals surface area contributed by atoms with Crippen LogP contribution in [0.4, 0.5) is 5.69 Å². The number of hydrogen-bond acceptors (Lipinski definition) is 4. The van der Waals surface area contributed by atoms with Gasteiger partial charge in [0.25, 0.3) is 0 Å². The van der Waals surface area contributed by atoms with Crippen molar-refractivity contribution in [2.24, 2.45) is 0 Å². The average Bonchev–Trinajstić information content (AvgIpc) is 2.29. The summed E-state index contributed by atoms with van der Waals surface area (Å²) in [6.07, 6.45) is 0. The predicted molar refractivity (Wildman–Crippen MR) is 62.5 cm³/mol. The Morgan fingerprint density at radius 1 is 1.50 bits per heavy atom. The van der Waals surface area contributed by atoms with Gasteiger partial charge in [0.15, 0.2) is 0 Å². The van der Waals surface area contributed by atoms with E-state index < -0.39 is 0 Å². The number of methoxy groups -OCH3 is 1. The molecule has 0 spiro atoms. The van der Waals surface area contributed by atoms with E-state index in [1.54, 1.807) is 39.2 Å². The standard InChI is InChI=1S/C12H17NO3/c1-4-16-12(14)8(2)9-5-6-10(13)11(7-9)15-3/h5-8H,4,13H2,1-3H3/t8-/m0/s1. The quantitative estimate of drug-likeness (QED) is 0.626. The van der Waals surface area contributed by atoms with E-state index in [2.05, 4.69) is 0 Å². The molecule has 0 saturated heterocycles. The molecule has 0 aliphatic heterocycles. The lowest BCUT2D eigenvalue weighted by molar-refractivity contribution is -0.144. The number of nitrogen functional groups attached to an aromatic ring is 1. The molecule has 0 aliphatic carbocycles. The van der Waals surface area contributed by atoms with Crippen LogP contribution >= 0.6 is 0 Å². The highest BCUT2D eigenvalue weighted by atomic mass is 16.5. The number of anilines is 1. The number of esters is 1. The lowest BCUT2D eigenvalue weighted by Gasteiger charge is -2.12. The number of hydrogen-bond donors (Lipinski definition) is 1. The largest absolute Gasteiger partial charge is 0.495 e. The molecule has 0 bridgehead atoms. The zero-order chi connectivity index (χ0) is 12.1. The molecule has 0 amide bonds. The molecule has 0 radical (unpaired) electrons. The Morgan fingerprint density at radius 3 is 2.75 bits per heavy atom. The third-order valence-electron chi connectivity index (χ3n) is 2.40. The van der Waals surface area contributed by atoms with E-state index in [4.69, 9.17) is 15.2 Å². The average molecular weight is 223 g/mol. The van der Waals surface area contributed by atoms with Crippen molar-refractivity contribution in [2.75, 3.05) is 19.5 Å². The van der Waals surface area contributed by atoms with Crippen LogP contribution in [0.15, 0.2) is 18.2 Å². The van der Waals surface area contributed by atoms with E-state index >= 15 is 0 Å². The number of carbonyl (C=O) groups excluding carboxylic acids is 1. The molecule has 0 unspecified atom stereocenters. The second-order valence-electron chi connectivity index (χ2n) is 3.48. The van der Waals surface area contributed by atoms with Gasteiger partial charge in [0.1, 0.15) is 5.75 Å². The van der Waals surface area contributed by atoms with Gasteiger partial charge >= 0.3 is 5.97 Å². The molecule has 0 heterocycles. The first-order chi connectivity index (χ1) is 7.60. The number of benzene rings is 1. The van der Waals surface area contributed by atoms with Crippen LogP contribution in [0.5, 0.6) is 5.75 Å². The van der Waals surface area contributed by atoms with Crippen molar-refractivity contribution < 1.29 is 14.3 Å². The van der Waals surface area contributed by atoms with Crippen molar-refractivity contribution in [1.29, 1.82) is 0 Å². The first kappa shape index (κ1) is 12.4. The SMILES string of the molecule is CCOC(=O)[C@@H](C)c1ccc(N)c(OC)c1. The first-order valence-corrected chi connectivity index (χ1v) is 5.20. The molecule has 0 aromatic heterocycles. The highest BCUT2D eigenvalue weighted by Crippen LogP contribution is 2.27. The van der Waals surface area contributed by atoms with Crippen LogP contribution in [-0.2, 0) is 9.53 Å². The smallest absolute Gasteiger partial charge is 0.313 e. The van der Waals surface area contributed by atoms with Crippen LogP contribution in [0.25, 0.3) is 0 Å². The molecule has 4 nitrogen and oxygen atoms in total. The highest BCUT2D eigenvalue weighted by Gasteiger charge is 2.17. The Labute approximate surface area is 95.3 Å². The normalized spacial score (nSPS) is 11.9. The van der Waals surface area contributed by atoms with Crippen molar-refractivity contribution in [3.05, 3.63) is 23.8 Å². The second kappa shape index (κ2) is 5.39. The summed E-state index contributed by atoms with van der Waals surface area (Å²) in [7, 11) is 1.55. The summed E-state index contributed by atoms with van der Waals surface area (Å²) in [4.78, 5) is 11.5. The van der Waals surface area contributed by atoms with E-state index in [9.17, 15) is 4.79 Å². The topological polar surface area (TPSA) is 61.5 Å². The van der Waals surface area contributed by atoms with Gasteiger partial charge in [0.2, 0.25) is 0 Å². The molecular formula is C12H17NO3. The molecule has 16 heavy (non-hydrogen) atoms. The molecule has 1 atom stereocenters. The summed E-state index contributed by atoms with van der Waals surface area (Å²) in [6.45, 7) is 3.96. The zero-order valence-corrected chi connectivity index (χ0v) is 9.82. The molecular weight excluding hydrogens is 206 g/mol. The lowest BCUT2D eigenvalue weighted by atomic mass is 10.0. The van der Waals surface area contributed by atoms with E-state index in [1.165, 1.54) is 0 Å². The highest BCUT2D eigenvalue weighted by molar-refractivity contribution is 5.78. The van der Waals surface area contributed by atoms with Crippen LogP contribution in [0.3, 0.4) is 0 Å². The number of carbonyl (C=O) groups is 1. The minimum atomic E-state index is -0.311. The minimum Gasteiger partial charge on any atom is -0.495 e. The van der Waals surface area contributed by atoms with E-state index in [0.717, 1.165) is 5.56 Å². The Morgan fingerprint density at radius 2 is 2.19 bits per heavy atom. The second-order valence-corrected chi connectivity index (χ2v) is 3.48. The van der Waals surface area contributed by atoms with Crippen LogP contribution in [0.2, 0.25) is 0 Å². The van der Waals surface area contributed by atoms with Crippen molar-refractivity contribution in [1.82, 2.24) is 0 Å². The van der Waals surface area contributed by atoms with Crippen molar-refractivity contribution in [3.8, 4) is 5.75 Å². The van der Waals surface area contributed by atoms with Crippen LogP contribution in [-0.4, -0.2) is 19.7 Å². The van der Waals surface area contributed by atoms with Gasteiger partial charge in [-0.25, -0.2) is 0 Å². The zero-order valence-electron chi connectivity index (χ0n) is 9.82. The van der Waals surface area contributed by atoms with Gasteiger partial charge in [0.05, 0.1) is 25.3 Å². The van der Waals surface area contributed by atoms with Gasteiger partial charge in [-0.1, -0.05) is 6.07 Å². The fourth-order valence-corrected chi connectivity index (χ4v) is 1.40. The summed E-state index contributed by atoms with van der Waals surface area (Å²) in [5, 5.41) is 0. The Balaban J connectivity index is 2.91. The Bertz CT molecular complexity index is 377. The van der Waals surface area contributed by atoms with Crippen LogP contribution in [0, 0.1) is 0 Å². The third kappa shape index (κ3) is 2.66. The first-order valence-electron chi connectivity index (χ1n) is 5.20. The summed E-state index contributed by atoms with van der Waals surface area (Å²) >= 11 is 0. The van der Waals surface area contributed by atoms with Gasteiger partial charge in [-0.3, -0.25) is 4.79 Å². The molecule has 0 saturated carbocycles. The summed E-state index contributed by atoms with van der Waals surface area (Å²) in [5.74, 6) is 0.0254. The van der Waals surface area contributed by atoms with Gasteiger partial charge < -0.3 is 15.2 Å². The predicted octanol–water partition coefficient (Wildman–Crippen LogP) is 1.94. The minimum absolute atomic E-state index is 0.241. The molecule has 88 valence electrons. The van der Waals surface area contributed by atoms with Gasteiger partial charge in [0, 0.05) is 0 Å². The molecule has 1 rings (SSSR count). The van der Waals surface area contributed by atoms with Crippen LogP contribution in [0.1, 0.15) is 25.3 Å². The monoisotopic (exact) mass is 223 g/mol. The Hall–Kier alpha value is -1.71. The maximum absolute atomic E-state index is 11.5. The molecule has 0 fully saturated rings. The summed E-state index contributed by atoms with van der Waals surface area (Å²) < 4.78 is 10.0. The fraction of sp³-hybridized carbons (Fsp3) is 0.417. The maximum atomic E-state index is 11.5. The summed E-state index contributed by atoms with van der Waals surface area (Å²) in [6, 6.07) is 5.29. The van der Waals surface area contributed by atoms with E-state index in [1.807, 2.05) is 0 Å². The number of rotatable bonds is 4. The molecule has 0 aliphatic rings. The van der Waals surface area contributed by atoms with Gasteiger partial charge in [-0.2, -0.15) is 0 Å². The molecule has 1 aromatic carbocycles. The van der Waals surface area contributed by atoms with E-state index in [0.29, 0.717) is 18.0 Å². The third-order valence-corrected chi connectivity index (χ3v) is 2.40.